The summed E-state index contributed by atoms with van der Waals surface area (Å²) in [5.74, 6) is 1.82. The lowest BCUT2D eigenvalue weighted by molar-refractivity contribution is 0.239. The van der Waals surface area contributed by atoms with Crippen molar-refractivity contribution in [2.75, 3.05) is 12.4 Å². The second-order valence-corrected chi connectivity index (χ2v) is 6.11. The molecule has 5 heteroatoms. The Morgan fingerprint density at radius 2 is 2.20 bits per heavy atom. The lowest BCUT2D eigenvalue weighted by Crippen LogP contribution is -2.26. The van der Waals surface area contributed by atoms with E-state index in [0.29, 0.717) is 6.04 Å². The maximum absolute atomic E-state index is 4.57. The van der Waals surface area contributed by atoms with Gasteiger partial charge in [0.15, 0.2) is 0 Å². The highest BCUT2D eigenvalue weighted by Crippen LogP contribution is 2.29. The average Bonchev–Trinajstić information content (AvgIpc) is 3.16. The van der Waals surface area contributed by atoms with Crippen LogP contribution in [0.15, 0.2) is 22.9 Å². The number of thiophene rings is 1. The predicted octanol–water partition coefficient (Wildman–Crippen LogP) is 3.05. The zero-order valence-electron chi connectivity index (χ0n) is 12.0. The molecule has 1 N–H and O–H groups in total. The van der Waals surface area contributed by atoms with Gasteiger partial charge in [0, 0.05) is 31.4 Å². The molecule has 0 amide bonds. The predicted molar refractivity (Wildman–Crippen MR) is 82.9 cm³/mol. The van der Waals surface area contributed by atoms with Crippen LogP contribution in [0.4, 0.5) is 5.82 Å². The molecule has 0 aromatic carbocycles. The van der Waals surface area contributed by atoms with Crippen molar-refractivity contribution in [3.05, 3.63) is 40.0 Å². The first kappa shape index (κ1) is 13.5. The maximum atomic E-state index is 4.57. The van der Waals surface area contributed by atoms with Crippen molar-refractivity contribution in [3.8, 4) is 0 Å². The third-order valence-corrected chi connectivity index (χ3v) is 4.26. The average molecular weight is 288 g/mol. The Bertz CT molecular complexity index is 563. The van der Waals surface area contributed by atoms with Crippen LogP contribution in [0.25, 0.3) is 0 Å². The SMILES string of the molecule is CNc1cc(C)nc(CN(Cc2ccsc2)C2CC2)n1. The molecule has 2 aromatic heterocycles. The summed E-state index contributed by atoms with van der Waals surface area (Å²) in [6, 6.07) is 4.89. The molecule has 0 unspecified atom stereocenters. The first-order chi connectivity index (χ1) is 9.74. The summed E-state index contributed by atoms with van der Waals surface area (Å²) in [6.07, 6.45) is 2.60. The summed E-state index contributed by atoms with van der Waals surface area (Å²) in [6.45, 7) is 3.85. The van der Waals surface area contributed by atoms with Crippen LogP contribution in [-0.2, 0) is 13.1 Å². The second kappa shape index (κ2) is 5.89. The van der Waals surface area contributed by atoms with E-state index in [1.165, 1.54) is 18.4 Å². The zero-order chi connectivity index (χ0) is 13.9. The Labute approximate surface area is 123 Å². The largest absolute Gasteiger partial charge is 0.373 e. The highest BCUT2D eigenvalue weighted by molar-refractivity contribution is 7.07. The number of anilines is 1. The molecule has 1 aliphatic carbocycles. The van der Waals surface area contributed by atoms with Gasteiger partial charge in [-0.05, 0) is 42.2 Å². The van der Waals surface area contributed by atoms with Gasteiger partial charge in [-0.15, -0.1) is 0 Å². The van der Waals surface area contributed by atoms with Crippen molar-refractivity contribution in [1.82, 2.24) is 14.9 Å². The van der Waals surface area contributed by atoms with Gasteiger partial charge >= 0.3 is 0 Å². The van der Waals surface area contributed by atoms with E-state index in [0.717, 1.165) is 30.4 Å². The molecule has 106 valence electrons. The fourth-order valence-electron chi connectivity index (χ4n) is 2.38. The number of aryl methyl sites for hydroxylation is 1. The molecule has 0 atom stereocenters. The maximum Gasteiger partial charge on any atom is 0.144 e. The van der Waals surface area contributed by atoms with Crippen molar-refractivity contribution < 1.29 is 0 Å². The first-order valence-electron chi connectivity index (χ1n) is 7.02. The van der Waals surface area contributed by atoms with Gasteiger partial charge in [-0.2, -0.15) is 11.3 Å². The van der Waals surface area contributed by atoms with Gasteiger partial charge < -0.3 is 5.32 Å². The summed E-state index contributed by atoms with van der Waals surface area (Å²) < 4.78 is 0. The highest BCUT2D eigenvalue weighted by Gasteiger charge is 2.29. The lowest BCUT2D eigenvalue weighted by Gasteiger charge is -2.21. The summed E-state index contributed by atoms with van der Waals surface area (Å²) in [5, 5.41) is 7.47. The number of rotatable bonds is 6. The number of nitrogens with zero attached hydrogens (tertiary/aromatic N) is 3. The van der Waals surface area contributed by atoms with Crippen molar-refractivity contribution in [2.24, 2.45) is 0 Å². The van der Waals surface area contributed by atoms with E-state index in [-0.39, 0.29) is 0 Å². The minimum Gasteiger partial charge on any atom is -0.373 e. The fourth-order valence-corrected chi connectivity index (χ4v) is 3.04. The van der Waals surface area contributed by atoms with E-state index >= 15 is 0 Å². The van der Waals surface area contributed by atoms with E-state index in [2.05, 4.69) is 37.0 Å². The monoisotopic (exact) mass is 288 g/mol. The molecular formula is C15H20N4S. The zero-order valence-corrected chi connectivity index (χ0v) is 12.8. The normalized spacial score (nSPS) is 14.8. The van der Waals surface area contributed by atoms with E-state index in [4.69, 9.17) is 0 Å². The highest BCUT2D eigenvalue weighted by atomic mass is 32.1. The van der Waals surface area contributed by atoms with E-state index < -0.39 is 0 Å². The van der Waals surface area contributed by atoms with Crippen molar-refractivity contribution in [2.45, 2.75) is 38.9 Å². The Kier molecular flexibility index (Phi) is 3.98. The molecule has 1 aliphatic rings. The molecule has 4 nitrogen and oxygen atoms in total. The topological polar surface area (TPSA) is 41.1 Å². The molecule has 1 fully saturated rings. The summed E-state index contributed by atoms with van der Waals surface area (Å²) in [7, 11) is 1.90. The number of hydrogen-bond acceptors (Lipinski definition) is 5. The number of nitrogens with one attached hydrogen (secondary N) is 1. The lowest BCUT2D eigenvalue weighted by atomic mass is 10.3. The molecule has 20 heavy (non-hydrogen) atoms. The van der Waals surface area contributed by atoms with Crippen LogP contribution in [-0.4, -0.2) is 28.0 Å². The molecular weight excluding hydrogens is 268 g/mol. The fraction of sp³-hybridized carbons (Fsp3) is 0.467. The Morgan fingerprint density at radius 1 is 1.35 bits per heavy atom. The summed E-state index contributed by atoms with van der Waals surface area (Å²) in [5.41, 5.74) is 2.41. The third kappa shape index (κ3) is 3.35. The summed E-state index contributed by atoms with van der Waals surface area (Å²) in [4.78, 5) is 11.6. The van der Waals surface area contributed by atoms with Crippen LogP contribution in [0, 0.1) is 6.92 Å². The van der Waals surface area contributed by atoms with Crippen LogP contribution in [0.3, 0.4) is 0 Å². The molecule has 2 heterocycles. The van der Waals surface area contributed by atoms with E-state index in [9.17, 15) is 0 Å². The summed E-state index contributed by atoms with van der Waals surface area (Å²) >= 11 is 1.76. The van der Waals surface area contributed by atoms with Crippen LogP contribution in [0.5, 0.6) is 0 Å². The second-order valence-electron chi connectivity index (χ2n) is 5.33. The molecule has 0 saturated heterocycles. The Morgan fingerprint density at radius 3 is 2.85 bits per heavy atom. The van der Waals surface area contributed by atoms with Crippen LogP contribution < -0.4 is 5.32 Å². The van der Waals surface area contributed by atoms with Crippen molar-refractivity contribution >= 4 is 17.2 Å². The number of aromatic nitrogens is 2. The third-order valence-electron chi connectivity index (χ3n) is 3.53. The molecule has 3 rings (SSSR count). The van der Waals surface area contributed by atoms with Gasteiger partial charge in [-0.1, -0.05) is 0 Å². The molecule has 0 bridgehead atoms. The molecule has 0 aliphatic heterocycles. The van der Waals surface area contributed by atoms with Gasteiger partial charge in [-0.25, -0.2) is 9.97 Å². The number of hydrogen-bond donors (Lipinski definition) is 1. The Hall–Kier alpha value is -1.46. The first-order valence-corrected chi connectivity index (χ1v) is 7.96. The Balaban J connectivity index is 1.74. The van der Waals surface area contributed by atoms with Gasteiger partial charge in [0.05, 0.1) is 6.54 Å². The van der Waals surface area contributed by atoms with Gasteiger partial charge in [0.1, 0.15) is 11.6 Å². The molecule has 0 radical (unpaired) electrons. The molecule has 0 spiro atoms. The molecule has 1 saturated carbocycles. The van der Waals surface area contributed by atoms with Crippen LogP contribution in [0.2, 0.25) is 0 Å². The van der Waals surface area contributed by atoms with Crippen LogP contribution in [0.1, 0.15) is 29.9 Å². The van der Waals surface area contributed by atoms with Gasteiger partial charge in [0.25, 0.3) is 0 Å². The van der Waals surface area contributed by atoms with Gasteiger partial charge in [-0.3, -0.25) is 4.90 Å². The molecule has 2 aromatic rings. The quantitative estimate of drug-likeness (QED) is 0.887. The van der Waals surface area contributed by atoms with Crippen molar-refractivity contribution in [3.63, 3.8) is 0 Å². The minimum atomic E-state index is 0.706. The smallest absolute Gasteiger partial charge is 0.144 e. The van der Waals surface area contributed by atoms with Crippen molar-refractivity contribution in [1.29, 1.82) is 0 Å². The van der Waals surface area contributed by atoms with E-state index in [1.54, 1.807) is 11.3 Å². The van der Waals surface area contributed by atoms with E-state index in [1.807, 2.05) is 20.0 Å². The standard InChI is InChI=1S/C15H20N4S/c1-11-7-14(16-2)18-15(17-11)9-19(13-3-4-13)8-12-5-6-20-10-12/h5-7,10,13H,3-4,8-9H2,1-2H3,(H,16,17,18). The van der Waals surface area contributed by atoms with Gasteiger partial charge in [0.2, 0.25) is 0 Å². The van der Waals surface area contributed by atoms with Crippen LogP contribution >= 0.6 is 11.3 Å². The minimum absolute atomic E-state index is 0.706.